The summed E-state index contributed by atoms with van der Waals surface area (Å²) in [5.41, 5.74) is 0.616. The zero-order valence-corrected chi connectivity index (χ0v) is 16.5. The Balaban J connectivity index is 1.77. The Hall–Kier alpha value is -2.81. The maximum absolute atomic E-state index is 13.5. The molecule has 0 saturated heterocycles. The summed E-state index contributed by atoms with van der Waals surface area (Å²) >= 11 is 1.24. The Morgan fingerprint density at radius 3 is 2.79 bits per heavy atom. The molecule has 0 radical (unpaired) electrons. The lowest BCUT2D eigenvalue weighted by atomic mass is 10.1. The fourth-order valence-electron chi connectivity index (χ4n) is 2.68. The fraction of sp³-hybridized carbons (Fsp3) is 0.300. The maximum Gasteiger partial charge on any atom is 0.420 e. The van der Waals surface area contributed by atoms with E-state index in [1.807, 2.05) is 6.92 Å². The normalized spacial score (nSPS) is 11.4. The number of ether oxygens (including phenoxy) is 1. The highest BCUT2D eigenvalue weighted by Crippen LogP contribution is 2.39. The van der Waals surface area contributed by atoms with E-state index in [9.17, 15) is 18.4 Å². The Bertz CT molecular complexity index is 960. The van der Waals surface area contributed by atoms with E-state index in [4.69, 9.17) is 4.74 Å². The highest BCUT2D eigenvalue weighted by molar-refractivity contribution is 7.14. The summed E-state index contributed by atoms with van der Waals surface area (Å²) in [6.07, 6.45) is 0.786. The van der Waals surface area contributed by atoms with Crippen molar-refractivity contribution in [3.8, 4) is 17.0 Å². The van der Waals surface area contributed by atoms with E-state index in [0.29, 0.717) is 27.5 Å². The molecule has 1 aromatic carbocycles. The predicted molar refractivity (Wildman–Crippen MR) is 106 cm³/mol. The summed E-state index contributed by atoms with van der Waals surface area (Å²) in [6, 6.07) is 7.20. The number of alkyl halides is 3. The summed E-state index contributed by atoms with van der Waals surface area (Å²) in [7, 11) is 0. The molecule has 0 amide bonds. The van der Waals surface area contributed by atoms with Crippen molar-refractivity contribution in [2.24, 2.45) is 0 Å². The van der Waals surface area contributed by atoms with Crippen LogP contribution in [0.15, 0.2) is 48.1 Å². The topological polar surface area (TPSA) is 61.1 Å². The third kappa shape index (κ3) is 5.60. The molecular formula is C20H20F3N3O2S. The molecule has 0 fully saturated rings. The van der Waals surface area contributed by atoms with Gasteiger partial charge in [-0.2, -0.15) is 17.9 Å². The van der Waals surface area contributed by atoms with Crippen molar-refractivity contribution in [3.63, 3.8) is 0 Å². The third-order valence-corrected chi connectivity index (χ3v) is 4.87. The van der Waals surface area contributed by atoms with Crippen LogP contribution in [0, 0.1) is 5.21 Å². The van der Waals surface area contributed by atoms with Gasteiger partial charge in [0.25, 0.3) is 0 Å². The minimum Gasteiger partial charge on any atom is -0.619 e. The average Bonchev–Trinajstić information content (AvgIpc) is 3.14. The number of aromatic nitrogens is 2. The standard InChI is InChI=1S/C20H20F3N3O2S/c1-2-3-4-10-28-18-8-7-15(11-16(18)20(21,22)23)24-19-25-17(13-29-19)14-6-5-9-26(27)12-14/h5-9,11-13H,2-4,10H2,1H3,(H,24,25). The molecule has 154 valence electrons. The number of thiazole rings is 1. The molecule has 0 aliphatic heterocycles. The lowest BCUT2D eigenvalue weighted by Crippen LogP contribution is -2.23. The van der Waals surface area contributed by atoms with Gasteiger partial charge in [-0.25, -0.2) is 4.98 Å². The molecule has 9 heteroatoms. The summed E-state index contributed by atoms with van der Waals surface area (Å²) in [5, 5.41) is 16.4. The van der Waals surface area contributed by atoms with Gasteiger partial charge >= 0.3 is 6.18 Å². The van der Waals surface area contributed by atoms with Gasteiger partial charge in [0.2, 0.25) is 0 Å². The first-order chi connectivity index (χ1) is 13.9. The van der Waals surface area contributed by atoms with Gasteiger partial charge in [-0.3, -0.25) is 0 Å². The van der Waals surface area contributed by atoms with Gasteiger partial charge < -0.3 is 15.3 Å². The molecule has 0 atom stereocenters. The van der Waals surface area contributed by atoms with Crippen LogP contribution < -0.4 is 14.8 Å². The van der Waals surface area contributed by atoms with Gasteiger partial charge in [0.15, 0.2) is 17.5 Å². The molecule has 0 unspecified atom stereocenters. The lowest BCUT2D eigenvalue weighted by Gasteiger charge is -2.15. The van der Waals surface area contributed by atoms with Crippen molar-refractivity contribution in [1.82, 2.24) is 4.98 Å². The number of hydrogen-bond acceptors (Lipinski definition) is 5. The van der Waals surface area contributed by atoms with Gasteiger partial charge in [0, 0.05) is 17.1 Å². The maximum atomic E-state index is 13.5. The zero-order chi connectivity index (χ0) is 20.9. The molecule has 5 nitrogen and oxygen atoms in total. The van der Waals surface area contributed by atoms with Gasteiger partial charge in [0.05, 0.1) is 23.4 Å². The van der Waals surface area contributed by atoms with Crippen LogP contribution in [0.3, 0.4) is 0 Å². The second-order valence-corrected chi connectivity index (χ2v) is 7.24. The highest BCUT2D eigenvalue weighted by Gasteiger charge is 2.34. The highest BCUT2D eigenvalue weighted by atomic mass is 32.1. The van der Waals surface area contributed by atoms with E-state index < -0.39 is 11.7 Å². The molecule has 0 bridgehead atoms. The molecule has 0 aliphatic rings. The van der Waals surface area contributed by atoms with Crippen molar-refractivity contribution in [3.05, 3.63) is 58.9 Å². The fourth-order valence-corrected chi connectivity index (χ4v) is 3.42. The second-order valence-electron chi connectivity index (χ2n) is 6.38. The van der Waals surface area contributed by atoms with Crippen molar-refractivity contribution in [2.75, 3.05) is 11.9 Å². The SMILES string of the molecule is CCCCCOc1ccc(Nc2nc(-c3ccc[n+]([O-])c3)cs2)cc1C(F)(F)F. The zero-order valence-electron chi connectivity index (χ0n) is 15.7. The van der Waals surface area contributed by atoms with Crippen molar-refractivity contribution >= 4 is 22.2 Å². The first kappa shape index (κ1) is 20.9. The van der Waals surface area contributed by atoms with E-state index in [2.05, 4.69) is 10.3 Å². The van der Waals surface area contributed by atoms with Crippen LogP contribution in [0.1, 0.15) is 31.7 Å². The first-order valence-corrected chi connectivity index (χ1v) is 10.0. The summed E-state index contributed by atoms with van der Waals surface area (Å²) in [4.78, 5) is 4.34. The number of anilines is 2. The Morgan fingerprint density at radius 1 is 1.24 bits per heavy atom. The molecular weight excluding hydrogens is 403 g/mol. The monoisotopic (exact) mass is 423 g/mol. The first-order valence-electron chi connectivity index (χ1n) is 9.12. The molecule has 0 aliphatic carbocycles. The molecule has 29 heavy (non-hydrogen) atoms. The second kappa shape index (κ2) is 9.13. The molecule has 3 aromatic rings. The van der Waals surface area contributed by atoms with E-state index >= 15 is 0 Å². The molecule has 3 rings (SSSR count). The van der Waals surface area contributed by atoms with E-state index in [1.165, 1.54) is 35.9 Å². The number of rotatable bonds is 8. The number of halogens is 3. The van der Waals surface area contributed by atoms with Gasteiger partial charge in [-0.1, -0.05) is 19.8 Å². The molecule has 2 aromatic heterocycles. The van der Waals surface area contributed by atoms with Crippen LogP contribution >= 0.6 is 11.3 Å². The van der Waals surface area contributed by atoms with Crippen molar-refractivity contribution < 1.29 is 22.6 Å². The van der Waals surface area contributed by atoms with E-state index in [1.54, 1.807) is 17.5 Å². The smallest absolute Gasteiger partial charge is 0.420 e. The third-order valence-electron chi connectivity index (χ3n) is 4.12. The molecule has 0 spiro atoms. The largest absolute Gasteiger partial charge is 0.619 e. The Kier molecular flexibility index (Phi) is 6.58. The van der Waals surface area contributed by atoms with Gasteiger partial charge in [-0.15, -0.1) is 11.3 Å². The number of nitrogens with one attached hydrogen (secondary N) is 1. The average molecular weight is 423 g/mol. The number of hydrogen-bond donors (Lipinski definition) is 1. The van der Waals surface area contributed by atoms with Crippen LogP contribution in [0.25, 0.3) is 11.3 Å². The Labute approximate surface area is 170 Å². The number of pyridine rings is 1. The molecule has 0 saturated carbocycles. The number of benzene rings is 1. The summed E-state index contributed by atoms with van der Waals surface area (Å²) < 4.78 is 46.4. The molecule has 1 N–H and O–H groups in total. The number of unbranched alkanes of at least 4 members (excludes halogenated alkanes) is 2. The van der Waals surface area contributed by atoms with E-state index in [-0.39, 0.29) is 18.0 Å². The predicted octanol–water partition coefficient (Wildman–Crippen LogP) is 5.77. The lowest BCUT2D eigenvalue weighted by molar-refractivity contribution is -0.604. The minimum absolute atomic E-state index is 0.178. The number of nitrogens with zero attached hydrogens (tertiary/aromatic N) is 2. The van der Waals surface area contributed by atoms with Crippen LogP contribution in [-0.4, -0.2) is 11.6 Å². The minimum atomic E-state index is -4.53. The summed E-state index contributed by atoms with van der Waals surface area (Å²) in [5.74, 6) is -0.178. The van der Waals surface area contributed by atoms with Crippen molar-refractivity contribution in [1.29, 1.82) is 0 Å². The summed E-state index contributed by atoms with van der Waals surface area (Å²) in [6.45, 7) is 2.26. The quantitative estimate of drug-likeness (QED) is 0.284. The molecule has 2 heterocycles. The van der Waals surface area contributed by atoms with Crippen LogP contribution in [0.4, 0.5) is 24.0 Å². The van der Waals surface area contributed by atoms with Crippen molar-refractivity contribution in [2.45, 2.75) is 32.4 Å². The van der Waals surface area contributed by atoms with E-state index in [0.717, 1.165) is 18.9 Å². The van der Waals surface area contributed by atoms with Crippen LogP contribution in [0.5, 0.6) is 5.75 Å². The van der Waals surface area contributed by atoms with Gasteiger partial charge in [0.1, 0.15) is 5.75 Å². The van der Waals surface area contributed by atoms with Crippen LogP contribution in [0.2, 0.25) is 0 Å². The van der Waals surface area contributed by atoms with Gasteiger partial charge in [-0.05, 0) is 30.7 Å². The van der Waals surface area contributed by atoms with Crippen LogP contribution in [-0.2, 0) is 6.18 Å². The Morgan fingerprint density at radius 2 is 2.07 bits per heavy atom.